The fourth-order valence-electron chi connectivity index (χ4n) is 5.13. The number of piperidine rings is 1. The van der Waals surface area contributed by atoms with Crippen LogP contribution >= 0.6 is 0 Å². The summed E-state index contributed by atoms with van der Waals surface area (Å²) in [5, 5.41) is 28.9. The van der Waals surface area contributed by atoms with Gasteiger partial charge in [-0.15, -0.1) is 0 Å². The van der Waals surface area contributed by atoms with E-state index < -0.39 is 78.0 Å². The Morgan fingerprint density at radius 1 is 0.689 bits per heavy atom. The second-order valence-electron chi connectivity index (χ2n) is 13.2. The molecule has 1 aliphatic rings. The number of aliphatic carboxylic acids is 2. The highest BCUT2D eigenvalue weighted by Crippen LogP contribution is 2.21. The number of hydrogen-bond acceptors (Lipinski definition) is 7. The van der Waals surface area contributed by atoms with Crippen LogP contribution in [0.5, 0.6) is 0 Å². The van der Waals surface area contributed by atoms with Gasteiger partial charge in [-0.2, -0.15) is 0 Å². The molecule has 14 nitrogen and oxygen atoms in total. The molecule has 4 unspecified atom stereocenters. The summed E-state index contributed by atoms with van der Waals surface area (Å²) in [6.07, 6.45) is 2.36. The van der Waals surface area contributed by atoms with Crippen LogP contribution in [-0.4, -0.2) is 93.8 Å². The second kappa shape index (κ2) is 18.3. The van der Waals surface area contributed by atoms with Gasteiger partial charge >= 0.3 is 11.9 Å². The molecule has 0 saturated carbocycles. The number of hydrogen-bond donors (Lipinski definition) is 6. The second-order valence-corrected chi connectivity index (χ2v) is 13.2. The largest absolute Gasteiger partial charge is 0.481 e. The third-order valence-corrected chi connectivity index (χ3v) is 7.83. The number of carboxylic acids is 2. The first-order valence-electron chi connectivity index (χ1n) is 15.8. The molecule has 6 N–H and O–H groups in total. The van der Waals surface area contributed by atoms with E-state index in [-0.39, 0.29) is 24.2 Å². The van der Waals surface area contributed by atoms with E-state index in [1.807, 2.05) is 13.8 Å². The summed E-state index contributed by atoms with van der Waals surface area (Å²) >= 11 is 0. The number of rotatable bonds is 17. The summed E-state index contributed by atoms with van der Waals surface area (Å²) in [6.45, 7) is 13.4. The van der Waals surface area contributed by atoms with Gasteiger partial charge in [0.05, 0.1) is 12.8 Å². The Kier molecular flexibility index (Phi) is 16.0. The zero-order valence-corrected chi connectivity index (χ0v) is 27.7. The van der Waals surface area contributed by atoms with E-state index in [2.05, 4.69) is 21.3 Å². The summed E-state index contributed by atoms with van der Waals surface area (Å²) in [6, 6.07) is -5.62. The van der Waals surface area contributed by atoms with Gasteiger partial charge in [0.15, 0.2) is 0 Å². The lowest BCUT2D eigenvalue weighted by Gasteiger charge is -2.33. The first-order chi connectivity index (χ1) is 20.9. The lowest BCUT2D eigenvalue weighted by atomic mass is 9.85. The van der Waals surface area contributed by atoms with Crippen LogP contribution in [0.25, 0.3) is 0 Å². The van der Waals surface area contributed by atoms with E-state index in [4.69, 9.17) is 0 Å². The zero-order valence-electron chi connectivity index (χ0n) is 27.7. The van der Waals surface area contributed by atoms with E-state index in [1.165, 1.54) is 0 Å². The number of likely N-dealkylation sites (tertiary alicyclic amines) is 1. The van der Waals surface area contributed by atoms with Crippen molar-refractivity contribution in [2.24, 2.45) is 17.3 Å². The number of carbonyl (C=O) groups is 7. The van der Waals surface area contributed by atoms with Gasteiger partial charge in [0.1, 0.15) is 24.2 Å². The maximum Gasteiger partial charge on any atom is 0.326 e. The average Bonchev–Trinajstić information content (AvgIpc) is 2.94. The Balaban J connectivity index is 3.34. The van der Waals surface area contributed by atoms with E-state index in [1.54, 1.807) is 39.5 Å². The summed E-state index contributed by atoms with van der Waals surface area (Å²) in [7, 11) is 0. The first-order valence-corrected chi connectivity index (χ1v) is 15.8. The number of carbonyl (C=O) groups excluding carboxylic acids is 5. The van der Waals surface area contributed by atoms with Crippen LogP contribution in [-0.2, 0) is 33.6 Å². The fourth-order valence-corrected chi connectivity index (χ4v) is 5.13. The molecule has 0 radical (unpaired) electrons. The quantitative estimate of drug-likeness (QED) is 0.136. The van der Waals surface area contributed by atoms with Crippen molar-refractivity contribution in [1.29, 1.82) is 0 Å². The van der Waals surface area contributed by atoms with E-state index in [0.717, 1.165) is 19.3 Å². The molecule has 256 valence electrons. The minimum atomic E-state index is -1.69. The lowest BCUT2D eigenvalue weighted by Crippen LogP contribution is -2.61. The van der Waals surface area contributed by atoms with Crippen molar-refractivity contribution in [1.82, 2.24) is 26.2 Å². The van der Waals surface area contributed by atoms with Crippen molar-refractivity contribution in [2.75, 3.05) is 13.1 Å². The number of nitrogens with zero attached hydrogens (tertiary/aromatic N) is 1. The van der Waals surface area contributed by atoms with Crippen molar-refractivity contribution in [3.63, 3.8) is 0 Å². The van der Waals surface area contributed by atoms with Crippen LogP contribution in [0.15, 0.2) is 0 Å². The standard InChI is InChI=1S/C31H53N5O9/c1-8-19(9-2)26(40)35-25(31(5,6)7)29(43)33-20(16-23(37)36-13-11-10-12-14-36)27(41)32-21(17-24(38)39)28(42)34-22(30(44)45)15-18(3)4/h18-22,25H,8-17H2,1-7H3,(H,32,41)(H,33,43)(H,34,42)(H,35,40)(H,38,39)(H,44,45). The summed E-state index contributed by atoms with van der Waals surface area (Å²) in [5.74, 6) is -6.69. The van der Waals surface area contributed by atoms with E-state index >= 15 is 0 Å². The molecule has 1 saturated heterocycles. The van der Waals surface area contributed by atoms with Crippen LogP contribution < -0.4 is 21.3 Å². The monoisotopic (exact) mass is 639 g/mol. The minimum absolute atomic E-state index is 0.0641. The van der Waals surface area contributed by atoms with E-state index in [9.17, 15) is 43.8 Å². The van der Waals surface area contributed by atoms with Crippen LogP contribution in [0.1, 0.15) is 99.8 Å². The highest BCUT2D eigenvalue weighted by Gasteiger charge is 2.38. The molecule has 4 atom stereocenters. The van der Waals surface area contributed by atoms with Gasteiger partial charge in [-0.1, -0.05) is 48.5 Å². The van der Waals surface area contributed by atoms with Gasteiger partial charge in [-0.05, 0) is 49.9 Å². The molecule has 1 heterocycles. The highest BCUT2D eigenvalue weighted by atomic mass is 16.4. The Morgan fingerprint density at radius 3 is 1.62 bits per heavy atom. The molecule has 5 amide bonds. The van der Waals surface area contributed by atoms with Gasteiger partial charge in [0.25, 0.3) is 0 Å². The van der Waals surface area contributed by atoms with Crippen molar-refractivity contribution in [2.45, 2.75) is 124 Å². The molecular weight excluding hydrogens is 586 g/mol. The maximum atomic E-state index is 13.6. The van der Waals surface area contributed by atoms with Gasteiger partial charge in [0, 0.05) is 19.0 Å². The maximum absolute atomic E-state index is 13.6. The molecule has 45 heavy (non-hydrogen) atoms. The van der Waals surface area contributed by atoms with Gasteiger partial charge in [-0.3, -0.25) is 28.8 Å². The van der Waals surface area contributed by atoms with Crippen LogP contribution in [0.4, 0.5) is 0 Å². The SMILES string of the molecule is CCC(CC)C(=O)NC(C(=O)NC(CC(=O)N1CCCCC1)C(=O)NC(CC(=O)O)C(=O)NC(CC(C)C)C(=O)O)C(C)(C)C. The molecule has 1 fully saturated rings. The fraction of sp³-hybridized carbons (Fsp3) is 0.774. The first kappa shape index (κ1) is 39.3. The molecule has 0 bridgehead atoms. The number of amides is 5. The highest BCUT2D eigenvalue weighted by molar-refractivity contribution is 5.98. The van der Waals surface area contributed by atoms with Crippen molar-refractivity contribution < 1.29 is 43.8 Å². The normalized spacial score (nSPS) is 16.2. The molecule has 1 rings (SSSR count). The minimum Gasteiger partial charge on any atom is -0.481 e. The van der Waals surface area contributed by atoms with E-state index in [0.29, 0.717) is 25.9 Å². The smallest absolute Gasteiger partial charge is 0.326 e. The Hall–Kier alpha value is -3.71. The predicted octanol–water partition coefficient (Wildman–Crippen LogP) is 1.42. The summed E-state index contributed by atoms with van der Waals surface area (Å²) in [5.41, 5.74) is -0.794. The van der Waals surface area contributed by atoms with Gasteiger partial charge in [-0.25, -0.2) is 4.79 Å². The topological polar surface area (TPSA) is 211 Å². The molecule has 14 heteroatoms. The van der Waals surface area contributed by atoms with Crippen molar-refractivity contribution >= 4 is 41.5 Å². The van der Waals surface area contributed by atoms with Gasteiger partial charge < -0.3 is 36.4 Å². The Morgan fingerprint density at radius 2 is 1.18 bits per heavy atom. The molecule has 0 aromatic carbocycles. The van der Waals surface area contributed by atoms with Crippen molar-refractivity contribution in [3.8, 4) is 0 Å². The van der Waals surface area contributed by atoms with Gasteiger partial charge in [0.2, 0.25) is 29.5 Å². The molecule has 0 aromatic rings. The molecular formula is C31H53N5O9. The third kappa shape index (κ3) is 13.4. The van der Waals surface area contributed by atoms with Crippen molar-refractivity contribution in [3.05, 3.63) is 0 Å². The zero-order chi connectivity index (χ0) is 34.5. The predicted molar refractivity (Wildman–Crippen MR) is 166 cm³/mol. The molecule has 0 spiro atoms. The average molecular weight is 640 g/mol. The lowest BCUT2D eigenvalue weighted by molar-refractivity contribution is -0.144. The number of nitrogens with one attached hydrogen (secondary N) is 4. The Bertz CT molecular complexity index is 1060. The van der Waals surface area contributed by atoms with Crippen LogP contribution in [0, 0.1) is 17.3 Å². The summed E-state index contributed by atoms with van der Waals surface area (Å²) in [4.78, 5) is 91.3. The molecule has 0 aliphatic carbocycles. The molecule has 1 aliphatic heterocycles. The molecule has 0 aromatic heterocycles. The summed E-state index contributed by atoms with van der Waals surface area (Å²) < 4.78 is 0. The van der Waals surface area contributed by atoms with Crippen LogP contribution in [0.3, 0.4) is 0 Å². The third-order valence-electron chi connectivity index (χ3n) is 7.83. The number of carboxylic acid groups (broad SMARTS) is 2. The Labute approximate surface area is 265 Å². The van der Waals surface area contributed by atoms with Crippen LogP contribution in [0.2, 0.25) is 0 Å².